The molecule has 0 spiro atoms. The SMILES string of the molecule is Cn1nncc1C(=O)c1ccc(C(F)(F)F)cn1. The summed E-state index contributed by atoms with van der Waals surface area (Å²) in [7, 11) is 1.50. The molecule has 0 fully saturated rings. The van der Waals surface area contributed by atoms with Gasteiger partial charge in [-0.05, 0) is 12.1 Å². The molecular weight excluding hydrogens is 249 g/mol. The van der Waals surface area contributed by atoms with Crippen molar-refractivity contribution in [1.29, 1.82) is 0 Å². The summed E-state index contributed by atoms with van der Waals surface area (Å²) in [5.74, 6) is -0.531. The van der Waals surface area contributed by atoms with Crippen LogP contribution >= 0.6 is 0 Å². The van der Waals surface area contributed by atoms with Crippen LogP contribution in [-0.4, -0.2) is 25.8 Å². The van der Waals surface area contributed by atoms with Gasteiger partial charge in [0.2, 0.25) is 5.78 Å². The molecule has 0 aliphatic carbocycles. The molecule has 18 heavy (non-hydrogen) atoms. The molecule has 0 amide bonds. The van der Waals surface area contributed by atoms with Crippen LogP contribution in [0.2, 0.25) is 0 Å². The van der Waals surface area contributed by atoms with Gasteiger partial charge in [0, 0.05) is 13.2 Å². The summed E-state index contributed by atoms with van der Waals surface area (Å²) in [6.45, 7) is 0. The van der Waals surface area contributed by atoms with Gasteiger partial charge in [0.15, 0.2) is 0 Å². The number of nitrogens with zero attached hydrogens (tertiary/aromatic N) is 4. The van der Waals surface area contributed by atoms with E-state index in [9.17, 15) is 18.0 Å². The smallest absolute Gasteiger partial charge is 0.285 e. The molecule has 5 nitrogen and oxygen atoms in total. The van der Waals surface area contributed by atoms with Crippen LogP contribution in [0.1, 0.15) is 21.7 Å². The number of hydrogen-bond donors (Lipinski definition) is 0. The highest BCUT2D eigenvalue weighted by Crippen LogP contribution is 2.28. The third-order valence-electron chi connectivity index (χ3n) is 2.27. The molecule has 0 saturated heterocycles. The summed E-state index contributed by atoms with van der Waals surface area (Å²) in [6.07, 6.45) is -2.62. The number of alkyl halides is 3. The number of pyridine rings is 1. The van der Waals surface area contributed by atoms with Crippen molar-refractivity contribution in [2.45, 2.75) is 6.18 Å². The first-order chi connectivity index (χ1) is 8.39. The van der Waals surface area contributed by atoms with Crippen molar-refractivity contribution in [3.8, 4) is 0 Å². The van der Waals surface area contributed by atoms with Crippen LogP contribution in [-0.2, 0) is 13.2 Å². The van der Waals surface area contributed by atoms with E-state index in [2.05, 4.69) is 15.3 Å². The molecule has 8 heteroatoms. The minimum Gasteiger partial charge on any atom is -0.285 e. The topological polar surface area (TPSA) is 60.7 Å². The van der Waals surface area contributed by atoms with E-state index in [1.54, 1.807) is 0 Å². The lowest BCUT2D eigenvalue weighted by molar-refractivity contribution is -0.137. The Morgan fingerprint density at radius 2 is 2.00 bits per heavy atom. The predicted molar refractivity (Wildman–Crippen MR) is 53.7 cm³/mol. The van der Waals surface area contributed by atoms with E-state index in [-0.39, 0.29) is 11.4 Å². The van der Waals surface area contributed by atoms with Crippen LogP contribution in [0, 0.1) is 0 Å². The van der Waals surface area contributed by atoms with Gasteiger partial charge in [-0.2, -0.15) is 13.2 Å². The Labute approximate surface area is 99.3 Å². The van der Waals surface area contributed by atoms with Gasteiger partial charge in [0.05, 0.1) is 11.8 Å². The van der Waals surface area contributed by atoms with Gasteiger partial charge < -0.3 is 0 Å². The molecule has 0 radical (unpaired) electrons. The normalized spacial score (nSPS) is 11.6. The highest BCUT2D eigenvalue weighted by Gasteiger charge is 2.31. The predicted octanol–water partition coefficient (Wildman–Crippen LogP) is 1.46. The minimum absolute atomic E-state index is 0.0894. The first kappa shape index (κ1) is 12.2. The van der Waals surface area contributed by atoms with Crippen molar-refractivity contribution >= 4 is 5.78 Å². The Kier molecular flexibility index (Phi) is 2.85. The van der Waals surface area contributed by atoms with Crippen LogP contribution in [0.4, 0.5) is 13.2 Å². The van der Waals surface area contributed by atoms with Crippen LogP contribution in [0.15, 0.2) is 24.5 Å². The van der Waals surface area contributed by atoms with E-state index < -0.39 is 17.5 Å². The Balaban J connectivity index is 2.31. The van der Waals surface area contributed by atoms with Crippen LogP contribution in [0.5, 0.6) is 0 Å². The average molecular weight is 256 g/mol. The van der Waals surface area contributed by atoms with Gasteiger partial charge in [-0.3, -0.25) is 9.78 Å². The molecule has 2 aromatic heterocycles. The Morgan fingerprint density at radius 1 is 1.28 bits per heavy atom. The number of rotatable bonds is 2. The minimum atomic E-state index is -4.47. The molecule has 0 unspecified atom stereocenters. The molecule has 0 aliphatic rings. The lowest BCUT2D eigenvalue weighted by Crippen LogP contribution is -2.11. The Hall–Kier alpha value is -2.25. The molecule has 0 N–H and O–H groups in total. The van der Waals surface area contributed by atoms with E-state index in [0.717, 1.165) is 12.1 Å². The maximum absolute atomic E-state index is 12.3. The molecule has 0 aliphatic heterocycles. The van der Waals surface area contributed by atoms with Gasteiger partial charge >= 0.3 is 6.18 Å². The first-order valence-electron chi connectivity index (χ1n) is 4.82. The molecule has 2 heterocycles. The summed E-state index contributed by atoms with van der Waals surface area (Å²) in [6, 6.07) is 1.84. The van der Waals surface area contributed by atoms with E-state index in [1.807, 2.05) is 0 Å². The Morgan fingerprint density at radius 3 is 2.44 bits per heavy atom. The molecule has 0 saturated carbocycles. The molecule has 2 rings (SSSR count). The zero-order chi connectivity index (χ0) is 13.3. The average Bonchev–Trinajstić information content (AvgIpc) is 2.73. The number of halogens is 3. The largest absolute Gasteiger partial charge is 0.417 e. The summed E-state index contributed by atoms with van der Waals surface area (Å²) in [5.41, 5.74) is -0.835. The molecule has 94 valence electrons. The highest BCUT2D eigenvalue weighted by atomic mass is 19.4. The number of aromatic nitrogens is 4. The summed E-state index contributed by atoms with van der Waals surface area (Å²) >= 11 is 0. The Bertz CT molecular complexity index is 574. The van der Waals surface area contributed by atoms with E-state index in [1.165, 1.54) is 17.9 Å². The molecular formula is C10H7F3N4O. The fourth-order valence-corrected chi connectivity index (χ4v) is 1.32. The van der Waals surface area contributed by atoms with Crippen molar-refractivity contribution in [2.75, 3.05) is 0 Å². The number of aryl methyl sites for hydroxylation is 1. The number of carbonyl (C=O) groups excluding carboxylic acids is 1. The van der Waals surface area contributed by atoms with E-state index >= 15 is 0 Å². The van der Waals surface area contributed by atoms with Crippen molar-refractivity contribution < 1.29 is 18.0 Å². The maximum atomic E-state index is 12.3. The molecule has 2 aromatic rings. The molecule has 0 bridgehead atoms. The zero-order valence-electron chi connectivity index (χ0n) is 9.14. The summed E-state index contributed by atoms with van der Waals surface area (Å²) < 4.78 is 38.2. The third-order valence-corrected chi connectivity index (χ3v) is 2.27. The van der Waals surface area contributed by atoms with Gasteiger partial charge in [0.25, 0.3) is 0 Å². The van der Waals surface area contributed by atoms with Crippen molar-refractivity contribution in [2.24, 2.45) is 7.05 Å². The van der Waals surface area contributed by atoms with Gasteiger partial charge in [-0.1, -0.05) is 5.21 Å². The van der Waals surface area contributed by atoms with Crippen LogP contribution in [0.25, 0.3) is 0 Å². The fraction of sp³-hybridized carbons (Fsp3) is 0.200. The summed E-state index contributed by atoms with van der Waals surface area (Å²) in [5, 5.41) is 7.07. The monoisotopic (exact) mass is 256 g/mol. The molecule has 0 atom stereocenters. The van der Waals surface area contributed by atoms with Gasteiger partial charge in [-0.25, -0.2) is 4.68 Å². The van der Waals surface area contributed by atoms with Crippen molar-refractivity contribution in [3.05, 3.63) is 41.5 Å². The molecule has 0 aromatic carbocycles. The standard InChI is InChI=1S/C10H7F3N4O/c1-17-8(5-15-16-17)9(18)7-3-2-6(4-14-7)10(11,12)13/h2-5H,1H3. The van der Waals surface area contributed by atoms with Gasteiger partial charge in [0.1, 0.15) is 11.4 Å². The van der Waals surface area contributed by atoms with E-state index in [4.69, 9.17) is 0 Å². The highest BCUT2D eigenvalue weighted by molar-refractivity contribution is 6.06. The second kappa shape index (κ2) is 4.21. The number of carbonyl (C=O) groups is 1. The van der Waals surface area contributed by atoms with Gasteiger partial charge in [-0.15, -0.1) is 5.10 Å². The second-order valence-electron chi connectivity index (χ2n) is 3.50. The zero-order valence-corrected chi connectivity index (χ0v) is 9.14. The van der Waals surface area contributed by atoms with Crippen LogP contribution < -0.4 is 0 Å². The first-order valence-corrected chi connectivity index (χ1v) is 4.82. The lowest BCUT2D eigenvalue weighted by Gasteiger charge is -2.06. The lowest BCUT2D eigenvalue weighted by atomic mass is 10.2. The van der Waals surface area contributed by atoms with E-state index in [0.29, 0.717) is 6.20 Å². The second-order valence-corrected chi connectivity index (χ2v) is 3.50. The van der Waals surface area contributed by atoms with Crippen molar-refractivity contribution in [3.63, 3.8) is 0 Å². The van der Waals surface area contributed by atoms with Crippen molar-refractivity contribution in [1.82, 2.24) is 20.0 Å². The maximum Gasteiger partial charge on any atom is 0.417 e. The fourth-order valence-electron chi connectivity index (χ4n) is 1.32. The quantitative estimate of drug-likeness (QED) is 0.763. The van der Waals surface area contributed by atoms with Crippen LogP contribution in [0.3, 0.4) is 0 Å². The number of ketones is 1. The number of hydrogen-bond acceptors (Lipinski definition) is 4. The summed E-state index contributed by atoms with van der Waals surface area (Å²) in [4.78, 5) is 15.3. The third kappa shape index (κ3) is 2.22.